The van der Waals surface area contributed by atoms with Gasteiger partial charge in [0.15, 0.2) is 0 Å². The summed E-state index contributed by atoms with van der Waals surface area (Å²) < 4.78 is 37.7. The van der Waals surface area contributed by atoms with E-state index in [1.165, 1.54) is 0 Å². The topological polar surface area (TPSA) is 55.1 Å². The minimum absolute atomic E-state index is 0.0483. The lowest BCUT2D eigenvalue weighted by atomic mass is 9.82. The molecule has 0 heterocycles. The maximum absolute atomic E-state index is 12.6. The summed E-state index contributed by atoms with van der Waals surface area (Å²) in [7, 11) is 0. The fourth-order valence-corrected chi connectivity index (χ4v) is 3.58. The van der Waals surface area contributed by atoms with Crippen molar-refractivity contribution in [1.82, 2.24) is 5.32 Å². The summed E-state index contributed by atoms with van der Waals surface area (Å²) in [6.07, 6.45) is 1.60. The Labute approximate surface area is 123 Å². The van der Waals surface area contributed by atoms with Crippen molar-refractivity contribution in [1.29, 1.82) is 0 Å². The van der Waals surface area contributed by atoms with Crippen LogP contribution in [-0.4, -0.2) is 24.2 Å². The molecule has 0 aromatic carbocycles. The molecule has 0 spiro atoms. The zero-order valence-electron chi connectivity index (χ0n) is 12.3. The lowest BCUT2D eigenvalue weighted by molar-refractivity contribution is -0.182. The number of hydrogen-bond acceptors (Lipinski definition) is 2. The van der Waals surface area contributed by atoms with Crippen molar-refractivity contribution >= 4 is 5.91 Å². The van der Waals surface area contributed by atoms with Gasteiger partial charge in [-0.3, -0.25) is 4.79 Å². The molecule has 0 aromatic heterocycles. The maximum atomic E-state index is 12.6. The molecule has 3 N–H and O–H groups in total. The van der Waals surface area contributed by atoms with Gasteiger partial charge in [-0.1, -0.05) is 12.8 Å². The second kappa shape index (κ2) is 6.99. The summed E-state index contributed by atoms with van der Waals surface area (Å²) in [6.45, 7) is 0. The van der Waals surface area contributed by atoms with Crippen molar-refractivity contribution in [2.24, 2.45) is 17.6 Å². The molecule has 0 bridgehead atoms. The van der Waals surface area contributed by atoms with Crippen LogP contribution < -0.4 is 11.1 Å². The molecule has 2 aliphatic carbocycles. The van der Waals surface area contributed by atoms with Gasteiger partial charge < -0.3 is 11.1 Å². The number of carbonyl (C=O) groups is 1. The smallest absolute Gasteiger partial charge is 0.353 e. The largest absolute Gasteiger partial charge is 0.391 e. The van der Waals surface area contributed by atoms with Crippen LogP contribution in [0.3, 0.4) is 0 Å². The van der Waals surface area contributed by atoms with Crippen LogP contribution >= 0.6 is 0 Å². The van der Waals surface area contributed by atoms with E-state index in [1.54, 1.807) is 0 Å². The van der Waals surface area contributed by atoms with E-state index < -0.39 is 12.1 Å². The van der Waals surface area contributed by atoms with Gasteiger partial charge in [0.25, 0.3) is 0 Å². The van der Waals surface area contributed by atoms with Gasteiger partial charge in [-0.25, -0.2) is 0 Å². The van der Waals surface area contributed by atoms with E-state index in [4.69, 9.17) is 5.73 Å². The van der Waals surface area contributed by atoms with Gasteiger partial charge in [0.2, 0.25) is 5.91 Å². The lowest BCUT2D eigenvalue weighted by Crippen LogP contribution is -2.42. The first-order chi connectivity index (χ1) is 9.86. The van der Waals surface area contributed by atoms with Crippen LogP contribution in [0.25, 0.3) is 0 Å². The normalized spacial score (nSPS) is 34.5. The van der Waals surface area contributed by atoms with Gasteiger partial charge in [0.1, 0.15) is 0 Å². The number of amides is 1. The van der Waals surface area contributed by atoms with E-state index in [9.17, 15) is 18.0 Å². The molecule has 0 saturated heterocycles. The number of halogens is 3. The summed E-state index contributed by atoms with van der Waals surface area (Å²) in [5.74, 6) is -1.02. The van der Waals surface area contributed by atoms with Crippen LogP contribution in [0, 0.1) is 11.8 Å². The predicted molar refractivity (Wildman–Crippen MR) is 74.5 cm³/mol. The lowest BCUT2D eigenvalue weighted by Gasteiger charge is -2.32. The third-order valence-electron chi connectivity index (χ3n) is 4.97. The SMILES string of the molecule is NC1CCCCC1CC(=O)NC1CCC(C(F)(F)F)CC1. The third kappa shape index (κ3) is 4.87. The van der Waals surface area contributed by atoms with Gasteiger partial charge >= 0.3 is 6.18 Å². The molecule has 1 amide bonds. The Morgan fingerprint density at radius 1 is 1.05 bits per heavy atom. The second-order valence-corrected chi connectivity index (χ2v) is 6.57. The fraction of sp³-hybridized carbons (Fsp3) is 0.933. The maximum Gasteiger partial charge on any atom is 0.391 e. The molecular formula is C15H25F3N2O. The molecule has 6 heteroatoms. The highest BCUT2D eigenvalue weighted by Crippen LogP contribution is 2.37. The molecule has 0 aromatic rings. The molecule has 0 radical (unpaired) electrons. The van der Waals surface area contributed by atoms with Crippen molar-refractivity contribution in [2.45, 2.75) is 76.0 Å². The summed E-state index contributed by atoms with van der Waals surface area (Å²) in [5, 5.41) is 2.90. The van der Waals surface area contributed by atoms with Crippen LogP contribution in [-0.2, 0) is 4.79 Å². The van der Waals surface area contributed by atoms with Crippen LogP contribution in [0.5, 0.6) is 0 Å². The van der Waals surface area contributed by atoms with E-state index in [-0.39, 0.29) is 36.8 Å². The number of nitrogens with one attached hydrogen (secondary N) is 1. The molecule has 2 fully saturated rings. The Kier molecular flexibility index (Phi) is 5.52. The number of nitrogens with two attached hydrogens (primary N) is 1. The van der Waals surface area contributed by atoms with Crippen molar-refractivity contribution in [3.8, 4) is 0 Å². The average molecular weight is 306 g/mol. The molecule has 21 heavy (non-hydrogen) atoms. The van der Waals surface area contributed by atoms with E-state index in [0.717, 1.165) is 25.7 Å². The average Bonchev–Trinajstić information content (AvgIpc) is 2.41. The quantitative estimate of drug-likeness (QED) is 0.841. The monoisotopic (exact) mass is 306 g/mol. The highest BCUT2D eigenvalue weighted by molar-refractivity contribution is 5.76. The predicted octanol–water partition coefficient (Wildman–Crippen LogP) is 3.13. The van der Waals surface area contributed by atoms with Gasteiger partial charge in [0, 0.05) is 18.5 Å². The van der Waals surface area contributed by atoms with E-state index in [0.29, 0.717) is 19.3 Å². The van der Waals surface area contributed by atoms with E-state index in [2.05, 4.69) is 5.32 Å². The van der Waals surface area contributed by atoms with Crippen LogP contribution in [0.1, 0.15) is 57.8 Å². The number of rotatable bonds is 3. The summed E-state index contributed by atoms with van der Waals surface area (Å²) in [6, 6.07) is -0.0126. The first-order valence-corrected chi connectivity index (χ1v) is 7.98. The first kappa shape index (κ1) is 16.6. The molecule has 2 rings (SSSR count). The number of alkyl halides is 3. The summed E-state index contributed by atoms with van der Waals surface area (Å²) in [4.78, 5) is 12.0. The number of carbonyl (C=O) groups excluding carboxylic acids is 1. The van der Waals surface area contributed by atoms with Crippen molar-refractivity contribution in [2.75, 3.05) is 0 Å². The Hall–Kier alpha value is -0.780. The van der Waals surface area contributed by atoms with Crippen LogP contribution in [0.2, 0.25) is 0 Å². The van der Waals surface area contributed by atoms with Gasteiger partial charge in [0.05, 0.1) is 5.92 Å². The first-order valence-electron chi connectivity index (χ1n) is 7.98. The Bertz CT molecular complexity index is 351. The Morgan fingerprint density at radius 3 is 2.24 bits per heavy atom. The molecule has 3 nitrogen and oxygen atoms in total. The van der Waals surface area contributed by atoms with Crippen LogP contribution in [0.4, 0.5) is 13.2 Å². The van der Waals surface area contributed by atoms with Crippen molar-refractivity contribution in [3.05, 3.63) is 0 Å². The van der Waals surface area contributed by atoms with Crippen molar-refractivity contribution in [3.63, 3.8) is 0 Å². The van der Waals surface area contributed by atoms with Gasteiger partial charge in [-0.2, -0.15) is 13.2 Å². The molecule has 2 unspecified atom stereocenters. The molecule has 2 atom stereocenters. The standard InChI is InChI=1S/C15H25F3N2O/c16-15(17,18)11-5-7-12(8-6-11)20-14(21)9-10-3-1-2-4-13(10)19/h10-13H,1-9,19H2,(H,20,21). The molecule has 0 aliphatic heterocycles. The van der Waals surface area contributed by atoms with Crippen LogP contribution in [0.15, 0.2) is 0 Å². The zero-order valence-corrected chi connectivity index (χ0v) is 12.3. The fourth-order valence-electron chi connectivity index (χ4n) is 3.58. The minimum atomic E-state index is -4.09. The van der Waals surface area contributed by atoms with E-state index >= 15 is 0 Å². The van der Waals surface area contributed by atoms with E-state index in [1.807, 2.05) is 0 Å². The Balaban J connectivity index is 1.72. The molecule has 2 aliphatic rings. The summed E-state index contributed by atoms with van der Waals surface area (Å²) in [5.41, 5.74) is 6.02. The Morgan fingerprint density at radius 2 is 1.67 bits per heavy atom. The molecule has 2 saturated carbocycles. The third-order valence-corrected chi connectivity index (χ3v) is 4.97. The second-order valence-electron chi connectivity index (χ2n) is 6.57. The van der Waals surface area contributed by atoms with Gasteiger partial charge in [-0.05, 0) is 44.4 Å². The molecular weight excluding hydrogens is 281 g/mol. The zero-order chi connectivity index (χ0) is 15.5. The number of hydrogen-bond donors (Lipinski definition) is 2. The van der Waals surface area contributed by atoms with Crippen molar-refractivity contribution < 1.29 is 18.0 Å². The summed E-state index contributed by atoms with van der Waals surface area (Å²) >= 11 is 0. The molecule has 122 valence electrons. The highest BCUT2D eigenvalue weighted by Gasteiger charge is 2.41. The minimum Gasteiger partial charge on any atom is -0.353 e. The highest BCUT2D eigenvalue weighted by atomic mass is 19.4. The van der Waals surface area contributed by atoms with Gasteiger partial charge in [-0.15, -0.1) is 0 Å².